The van der Waals surface area contributed by atoms with Gasteiger partial charge in [0, 0.05) is 12.5 Å². The maximum absolute atomic E-state index is 11.9. The van der Waals surface area contributed by atoms with Gasteiger partial charge >= 0.3 is 11.9 Å². The smallest absolute Gasteiger partial charge is 0.337 e. The van der Waals surface area contributed by atoms with Gasteiger partial charge in [-0.15, -0.1) is 11.8 Å². The molecule has 0 fully saturated rings. The Bertz CT molecular complexity index is 351. The number of carbonyl (C=O) groups is 2. The predicted octanol–water partition coefficient (Wildman–Crippen LogP) is 1.21. The number of hydrogen-bond acceptors (Lipinski definition) is 6. The summed E-state index contributed by atoms with van der Waals surface area (Å²) in [7, 11) is 0. The minimum atomic E-state index is -2.05. The van der Waals surface area contributed by atoms with Crippen molar-refractivity contribution in [1.29, 1.82) is 0 Å². The van der Waals surface area contributed by atoms with Crippen LogP contribution >= 0.6 is 11.8 Å². The van der Waals surface area contributed by atoms with Crippen LogP contribution in [-0.4, -0.2) is 45.0 Å². The molecule has 0 amide bonds. The van der Waals surface area contributed by atoms with Crippen LogP contribution in [-0.2, 0) is 14.3 Å². The third-order valence-electron chi connectivity index (χ3n) is 2.80. The van der Waals surface area contributed by atoms with Gasteiger partial charge in [-0.1, -0.05) is 6.92 Å². The lowest BCUT2D eigenvalue weighted by Gasteiger charge is -2.29. The first kappa shape index (κ1) is 19.2. The van der Waals surface area contributed by atoms with E-state index in [1.807, 2.05) is 6.92 Å². The third kappa shape index (κ3) is 5.68. The molecule has 0 rings (SSSR count). The molecule has 0 spiro atoms. The number of carbonyl (C=O) groups excluding carboxylic acids is 1. The van der Waals surface area contributed by atoms with E-state index < -0.39 is 28.5 Å². The van der Waals surface area contributed by atoms with Crippen molar-refractivity contribution in [3.63, 3.8) is 0 Å². The molecule has 0 saturated carbocycles. The van der Waals surface area contributed by atoms with Crippen LogP contribution in [0.4, 0.5) is 0 Å². The van der Waals surface area contributed by atoms with Crippen LogP contribution in [0.15, 0.2) is 0 Å². The van der Waals surface area contributed by atoms with Crippen molar-refractivity contribution in [2.24, 2.45) is 11.1 Å². The normalized spacial score (nSPS) is 17.9. The molecule has 0 aromatic rings. The zero-order chi connectivity index (χ0) is 16.1. The second-order valence-electron chi connectivity index (χ2n) is 5.84. The zero-order valence-electron chi connectivity index (χ0n) is 12.7. The highest BCUT2D eigenvalue weighted by molar-refractivity contribution is 7.99. The summed E-state index contributed by atoms with van der Waals surface area (Å²) in [6.45, 7) is 8.23. The van der Waals surface area contributed by atoms with Crippen LogP contribution in [0.3, 0.4) is 0 Å². The Balaban J connectivity index is 4.79. The van der Waals surface area contributed by atoms with Gasteiger partial charge < -0.3 is 20.7 Å². The SMILES string of the molecule is CCSC(CC(N)C(C)(O)C(=O)O)OC(=O)C(C)(C)C. The Morgan fingerprint density at radius 3 is 2.15 bits per heavy atom. The van der Waals surface area contributed by atoms with Gasteiger partial charge in [0.25, 0.3) is 0 Å². The molecule has 118 valence electrons. The third-order valence-corrected chi connectivity index (χ3v) is 3.80. The Hall–Kier alpha value is -0.790. The number of rotatable bonds is 7. The molecule has 0 saturated heterocycles. The minimum Gasteiger partial charge on any atom is -0.479 e. The van der Waals surface area contributed by atoms with Crippen molar-refractivity contribution in [2.75, 3.05) is 5.75 Å². The highest BCUT2D eigenvalue weighted by Crippen LogP contribution is 2.25. The van der Waals surface area contributed by atoms with Crippen LogP contribution in [0.25, 0.3) is 0 Å². The number of ether oxygens (including phenoxy) is 1. The van der Waals surface area contributed by atoms with E-state index in [1.165, 1.54) is 11.8 Å². The molecule has 7 heteroatoms. The van der Waals surface area contributed by atoms with E-state index in [4.69, 9.17) is 15.6 Å². The summed E-state index contributed by atoms with van der Waals surface area (Å²) in [5.74, 6) is -1.10. The molecular weight excluding hydrogens is 282 g/mol. The summed E-state index contributed by atoms with van der Waals surface area (Å²) in [4.78, 5) is 22.8. The topological polar surface area (TPSA) is 110 Å². The first-order valence-corrected chi connectivity index (χ1v) is 7.51. The number of aliphatic carboxylic acids is 1. The lowest BCUT2D eigenvalue weighted by atomic mass is 9.94. The number of esters is 1. The molecule has 3 atom stereocenters. The predicted molar refractivity (Wildman–Crippen MR) is 78.3 cm³/mol. The average Bonchev–Trinajstić information content (AvgIpc) is 2.27. The molecule has 0 aromatic heterocycles. The number of nitrogens with two attached hydrogens (primary N) is 1. The van der Waals surface area contributed by atoms with Crippen molar-refractivity contribution < 1.29 is 24.5 Å². The van der Waals surface area contributed by atoms with Crippen molar-refractivity contribution in [3.05, 3.63) is 0 Å². The summed E-state index contributed by atoms with van der Waals surface area (Å²) in [5.41, 5.74) is 2.45. The van der Waals surface area contributed by atoms with Gasteiger partial charge in [-0.25, -0.2) is 4.79 Å². The van der Waals surface area contributed by atoms with Gasteiger partial charge in [0.15, 0.2) is 5.60 Å². The van der Waals surface area contributed by atoms with Crippen LogP contribution in [0.2, 0.25) is 0 Å². The number of carboxylic acids is 1. The average molecular weight is 307 g/mol. The van der Waals surface area contributed by atoms with E-state index in [0.29, 0.717) is 5.75 Å². The van der Waals surface area contributed by atoms with Crippen LogP contribution in [0.5, 0.6) is 0 Å². The van der Waals surface area contributed by atoms with Crippen molar-refractivity contribution in [2.45, 2.75) is 58.1 Å². The van der Waals surface area contributed by atoms with Crippen molar-refractivity contribution >= 4 is 23.7 Å². The molecular formula is C13H25NO5S. The quantitative estimate of drug-likeness (QED) is 0.479. The maximum atomic E-state index is 11.9. The molecule has 3 unspecified atom stereocenters. The number of carboxylic acid groups (broad SMARTS) is 1. The van der Waals surface area contributed by atoms with E-state index in [9.17, 15) is 14.7 Å². The molecule has 0 bridgehead atoms. The van der Waals surface area contributed by atoms with Gasteiger partial charge in [0.1, 0.15) is 5.44 Å². The fourth-order valence-corrected chi connectivity index (χ4v) is 2.10. The molecule has 0 heterocycles. The lowest BCUT2D eigenvalue weighted by molar-refractivity contribution is -0.160. The molecule has 4 N–H and O–H groups in total. The standard InChI is InChI=1S/C13H25NO5S/c1-6-20-9(19-11(17)12(2,3)4)7-8(14)13(5,18)10(15)16/h8-9,18H,6-7,14H2,1-5H3,(H,15,16). The van der Waals surface area contributed by atoms with E-state index >= 15 is 0 Å². The number of thioether (sulfide) groups is 1. The Labute approximate surface area is 124 Å². The Morgan fingerprint density at radius 1 is 1.30 bits per heavy atom. The molecule has 0 radical (unpaired) electrons. The molecule has 0 aliphatic heterocycles. The molecule has 0 aliphatic rings. The second-order valence-corrected chi connectivity index (χ2v) is 7.27. The lowest BCUT2D eigenvalue weighted by Crippen LogP contribution is -2.53. The fourth-order valence-electron chi connectivity index (χ4n) is 1.23. The van der Waals surface area contributed by atoms with Gasteiger partial charge in [0.05, 0.1) is 5.41 Å². The first-order chi connectivity index (χ1) is 8.92. The summed E-state index contributed by atoms with van der Waals surface area (Å²) in [6, 6.07) is -1.03. The van der Waals surface area contributed by atoms with Crippen molar-refractivity contribution in [1.82, 2.24) is 0 Å². The summed E-state index contributed by atoms with van der Waals surface area (Å²) in [6.07, 6.45) is 0.0691. The van der Waals surface area contributed by atoms with E-state index in [2.05, 4.69) is 0 Å². The van der Waals surface area contributed by atoms with Crippen LogP contribution in [0.1, 0.15) is 41.0 Å². The second kappa shape index (κ2) is 7.28. The van der Waals surface area contributed by atoms with Gasteiger partial charge in [-0.05, 0) is 33.4 Å². The number of aliphatic hydroxyl groups is 1. The summed E-state index contributed by atoms with van der Waals surface area (Å²) >= 11 is 1.35. The summed E-state index contributed by atoms with van der Waals surface area (Å²) < 4.78 is 5.34. The van der Waals surface area contributed by atoms with Gasteiger partial charge in [-0.3, -0.25) is 4.79 Å². The molecule has 0 aromatic carbocycles. The largest absolute Gasteiger partial charge is 0.479 e. The highest BCUT2D eigenvalue weighted by atomic mass is 32.2. The summed E-state index contributed by atoms with van der Waals surface area (Å²) in [5, 5.41) is 18.7. The van der Waals surface area contributed by atoms with Crippen LogP contribution in [0, 0.1) is 5.41 Å². The maximum Gasteiger partial charge on any atom is 0.337 e. The molecule has 20 heavy (non-hydrogen) atoms. The van der Waals surface area contributed by atoms with Gasteiger partial charge in [0.2, 0.25) is 0 Å². The molecule has 6 nitrogen and oxygen atoms in total. The first-order valence-electron chi connectivity index (χ1n) is 6.47. The zero-order valence-corrected chi connectivity index (χ0v) is 13.5. The van der Waals surface area contributed by atoms with E-state index in [-0.39, 0.29) is 12.4 Å². The van der Waals surface area contributed by atoms with Crippen LogP contribution < -0.4 is 5.73 Å². The van der Waals surface area contributed by atoms with Crippen molar-refractivity contribution in [3.8, 4) is 0 Å². The van der Waals surface area contributed by atoms with E-state index in [0.717, 1.165) is 6.92 Å². The highest BCUT2D eigenvalue weighted by Gasteiger charge is 2.39. The minimum absolute atomic E-state index is 0.0691. The molecule has 0 aliphatic carbocycles. The van der Waals surface area contributed by atoms with Gasteiger partial charge in [-0.2, -0.15) is 0 Å². The fraction of sp³-hybridized carbons (Fsp3) is 0.846. The number of hydrogen-bond donors (Lipinski definition) is 3. The Morgan fingerprint density at radius 2 is 1.80 bits per heavy atom. The monoisotopic (exact) mass is 307 g/mol. The Kier molecular flexibility index (Phi) is 7.00. The van der Waals surface area contributed by atoms with E-state index in [1.54, 1.807) is 20.8 Å².